The van der Waals surface area contributed by atoms with Crippen molar-refractivity contribution in [2.24, 2.45) is 11.8 Å². The van der Waals surface area contributed by atoms with E-state index in [1.54, 1.807) is 0 Å². The quantitative estimate of drug-likeness (QED) is 0.605. The second kappa shape index (κ2) is 3.79. The summed E-state index contributed by atoms with van der Waals surface area (Å²) in [6.45, 7) is 0. The molecule has 3 rings (SSSR count). The summed E-state index contributed by atoms with van der Waals surface area (Å²) in [5.74, 6) is 1.84. The minimum Gasteiger partial charge on any atom is -0.374 e. The van der Waals surface area contributed by atoms with Crippen LogP contribution in [0.1, 0.15) is 44.9 Å². The predicted molar refractivity (Wildman–Crippen MR) is 60.7 cm³/mol. The Bertz CT molecular complexity index is 218. The van der Waals surface area contributed by atoms with Crippen LogP contribution < -0.4 is 0 Å². The van der Waals surface area contributed by atoms with Crippen molar-refractivity contribution in [2.45, 2.75) is 62.0 Å². The Labute approximate surface area is 94.7 Å². The summed E-state index contributed by atoms with van der Waals surface area (Å²) >= 11 is 3.74. The summed E-state index contributed by atoms with van der Waals surface area (Å²) in [4.78, 5) is 0.726. The van der Waals surface area contributed by atoms with Crippen molar-refractivity contribution in [2.75, 3.05) is 0 Å². The molecule has 3 aliphatic rings. The first kappa shape index (κ1) is 9.65. The molecule has 0 aromatic carbocycles. The van der Waals surface area contributed by atoms with Gasteiger partial charge in [0.25, 0.3) is 0 Å². The van der Waals surface area contributed by atoms with Crippen LogP contribution >= 0.6 is 15.9 Å². The second-order valence-electron chi connectivity index (χ2n) is 5.24. The first-order valence-electron chi connectivity index (χ1n) is 6.14. The predicted octanol–water partition coefficient (Wildman–Crippen LogP) is 3.51. The molecule has 3 fully saturated rings. The third kappa shape index (κ3) is 1.55. The molecule has 2 heteroatoms. The number of alkyl halides is 1. The topological polar surface area (TPSA) is 9.23 Å². The number of ether oxygens (including phenoxy) is 1. The van der Waals surface area contributed by atoms with Gasteiger partial charge in [0.2, 0.25) is 0 Å². The summed E-state index contributed by atoms with van der Waals surface area (Å²) in [5, 5.41) is 0. The maximum atomic E-state index is 6.21. The number of hydrogen-bond acceptors (Lipinski definition) is 1. The lowest BCUT2D eigenvalue weighted by Gasteiger charge is -2.31. The maximum Gasteiger partial charge on any atom is 0.0621 e. The van der Waals surface area contributed by atoms with Gasteiger partial charge in [-0.1, -0.05) is 28.8 Å². The van der Waals surface area contributed by atoms with Crippen LogP contribution in [0, 0.1) is 11.8 Å². The summed E-state index contributed by atoms with van der Waals surface area (Å²) in [7, 11) is 0. The Morgan fingerprint density at radius 2 is 1.64 bits per heavy atom. The summed E-state index contributed by atoms with van der Waals surface area (Å²) < 4.78 is 6.21. The molecule has 0 amide bonds. The molecule has 2 aliphatic carbocycles. The van der Waals surface area contributed by atoms with E-state index in [-0.39, 0.29) is 0 Å². The van der Waals surface area contributed by atoms with Crippen LogP contribution in [0.15, 0.2) is 0 Å². The van der Waals surface area contributed by atoms with Crippen LogP contribution in [0.4, 0.5) is 0 Å². The minimum absolute atomic E-state index is 0.598. The second-order valence-corrected chi connectivity index (χ2v) is 6.53. The Morgan fingerprint density at radius 3 is 2.57 bits per heavy atom. The van der Waals surface area contributed by atoms with Gasteiger partial charge >= 0.3 is 0 Å². The Balaban J connectivity index is 1.74. The van der Waals surface area contributed by atoms with Gasteiger partial charge < -0.3 is 4.74 Å². The SMILES string of the molecule is BrC1CCC2C(C1)OC1CCCCC12. The molecule has 14 heavy (non-hydrogen) atoms. The van der Waals surface area contributed by atoms with Crippen molar-refractivity contribution in [1.82, 2.24) is 0 Å². The molecule has 5 atom stereocenters. The van der Waals surface area contributed by atoms with E-state index < -0.39 is 0 Å². The Morgan fingerprint density at radius 1 is 0.857 bits per heavy atom. The van der Waals surface area contributed by atoms with Crippen molar-refractivity contribution in [3.8, 4) is 0 Å². The summed E-state index contributed by atoms with van der Waals surface area (Å²) in [6.07, 6.45) is 10.9. The molecule has 2 saturated carbocycles. The van der Waals surface area contributed by atoms with Gasteiger partial charge in [0.05, 0.1) is 12.2 Å². The molecular weight excluding hydrogens is 240 g/mol. The van der Waals surface area contributed by atoms with Crippen molar-refractivity contribution >= 4 is 15.9 Å². The standard InChI is InChI=1S/C12H19BrO/c13-8-5-6-10-9-3-1-2-4-11(9)14-12(10)7-8/h8-12H,1-7H2. The van der Waals surface area contributed by atoms with Gasteiger partial charge in [0, 0.05) is 4.83 Å². The first-order chi connectivity index (χ1) is 6.84. The van der Waals surface area contributed by atoms with E-state index in [0.717, 1.165) is 16.7 Å². The van der Waals surface area contributed by atoms with Crippen LogP contribution in [0.3, 0.4) is 0 Å². The highest BCUT2D eigenvalue weighted by Gasteiger charge is 2.46. The molecule has 1 aliphatic heterocycles. The molecule has 5 unspecified atom stereocenters. The summed E-state index contributed by atoms with van der Waals surface area (Å²) in [6, 6.07) is 0. The fraction of sp³-hybridized carbons (Fsp3) is 1.00. The lowest BCUT2D eigenvalue weighted by molar-refractivity contribution is 0.00753. The fourth-order valence-corrected chi connectivity index (χ4v) is 4.39. The van der Waals surface area contributed by atoms with Crippen LogP contribution in [-0.4, -0.2) is 17.0 Å². The van der Waals surface area contributed by atoms with Crippen LogP contribution in [0.5, 0.6) is 0 Å². The summed E-state index contributed by atoms with van der Waals surface area (Å²) in [5.41, 5.74) is 0. The van der Waals surface area contributed by atoms with Crippen LogP contribution in [-0.2, 0) is 4.74 Å². The van der Waals surface area contributed by atoms with Crippen LogP contribution in [0.2, 0.25) is 0 Å². The van der Waals surface area contributed by atoms with Gasteiger partial charge in [0.15, 0.2) is 0 Å². The van der Waals surface area contributed by atoms with Crippen molar-refractivity contribution in [1.29, 1.82) is 0 Å². The zero-order chi connectivity index (χ0) is 9.54. The van der Waals surface area contributed by atoms with Crippen molar-refractivity contribution < 1.29 is 4.74 Å². The minimum atomic E-state index is 0.598. The average molecular weight is 259 g/mol. The van der Waals surface area contributed by atoms with E-state index in [1.165, 1.54) is 44.9 Å². The monoisotopic (exact) mass is 258 g/mol. The van der Waals surface area contributed by atoms with Crippen molar-refractivity contribution in [3.05, 3.63) is 0 Å². The molecular formula is C12H19BrO. The van der Waals surface area contributed by atoms with Gasteiger partial charge in [-0.15, -0.1) is 0 Å². The van der Waals surface area contributed by atoms with Gasteiger partial charge in [-0.05, 0) is 43.9 Å². The molecule has 0 bridgehead atoms. The largest absolute Gasteiger partial charge is 0.374 e. The van der Waals surface area contributed by atoms with Gasteiger partial charge in [0.1, 0.15) is 0 Å². The molecule has 0 spiro atoms. The average Bonchev–Trinajstić information content (AvgIpc) is 2.54. The van der Waals surface area contributed by atoms with Crippen LogP contribution in [0.25, 0.3) is 0 Å². The Kier molecular flexibility index (Phi) is 2.61. The van der Waals surface area contributed by atoms with Crippen molar-refractivity contribution in [3.63, 3.8) is 0 Å². The van der Waals surface area contributed by atoms with E-state index >= 15 is 0 Å². The van der Waals surface area contributed by atoms with Gasteiger partial charge in [-0.3, -0.25) is 0 Å². The molecule has 1 heterocycles. The molecule has 1 saturated heterocycles. The normalized spacial score (nSPS) is 52.5. The van der Waals surface area contributed by atoms with Gasteiger partial charge in [-0.2, -0.15) is 0 Å². The number of hydrogen-bond donors (Lipinski definition) is 0. The number of halogens is 1. The molecule has 0 aromatic rings. The first-order valence-corrected chi connectivity index (χ1v) is 7.05. The maximum absolute atomic E-state index is 6.21. The van der Waals surface area contributed by atoms with E-state index in [0.29, 0.717) is 12.2 Å². The lowest BCUT2D eigenvalue weighted by atomic mass is 9.73. The van der Waals surface area contributed by atoms with E-state index in [9.17, 15) is 0 Å². The molecule has 0 aromatic heterocycles. The highest BCUT2D eigenvalue weighted by molar-refractivity contribution is 9.09. The Hall–Kier alpha value is 0.440. The van der Waals surface area contributed by atoms with Gasteiger partial charge in [-0.25, -0.2) is 0 Å². The number of fused-ring (bicyclic) bond motifs is 3. The molecule has 80 valence electrons. The van der Waals surface area contributed by atoms with E-state index in [4.69, 9.17) is 4.74 Å². The van der Waals surface area contributed by atoms with E-state index in [1.807, 2.05) is 0 Å². The van der Waals surface area contributed by atoms with E-state index in [2.05, 4.69) is 15.9 Å². The lowest BCUT2D eigenvalue weighted by Crippen LogP contribution is -2.30. The third-order valence-electron chi connectivity index (χ3n) is 4.43. The fourth-order valence-electron chi connectivity index (χ4n) is 3.76. The number of rotatable bonds is 0. The zero-order valence-electron chi connectivity index (χ0n) is 8.62. The molecule has 0 N–H and O–H groups in total. The highest BCUT2D eigenvalue weighted by Crippen LogP contribution is 2.48. The molecule has 1 nitrogen and oxygen atoms in total. The smallest absolute Gasteiger partial charge is 0.0621 e. The third-order valence-corrected chi connectivity index (χ3v) is 5.26. The zero-order valence-corrected chi connectivity index (χ0v) is 10.2. The highest BCUT2D eigenvalue weighted by atomic mass is 79.9. The molecule has 0 radical (unpaired) electrons.